The van der Waals surface area contributed by atoms with Gasteiger partial charge in [0.1, 0.15) is 29.4 Å². The van der Waals surface area contributed by atoms with Gasteiger partial charge < -0.3 is 43.9 Å². The Balaban J connectivity index is 0.000000272. The first-order valence-electron chi connectivity index (χ1n) is 25.0. The number of hydrogen-bond donors (Lipinski definition) is 2. The molecule has 11 nitrogen and oxygen atoms in total. The number of carbonyl (C=O) groups is 2. The van der Waals surface area contributed by atoms with Crippen LogP contribution in [0, 0.1) is 30.1 Å². The molecular weight excluding hydrogens is 843 g/mol. The van der Waals surface area contributed by atoms with Gasteiger partial charge in [0.05, 0.1) is 53.3 Å². The van der Waals surface area contributed by atoms with Gasteiger partial charge in [0, 0.05) is 43.0 Å². The Kier molecular flexibility index (Phi) is 29.6. The van der Waals surface area contributed by atoms with E-state index in [0.717, 1.165) is 111 Å². The number of amidine groups is 1. The maximum Gasteiger partial charge on any atom is 0.330 e. The molecule has 2 N–H and O–H groups in total. The quantitative estimate of drug-likeness (QED) is 0.0191. The number of nitrogens with zero attached hydrogens (tertiary/aromatic N) is 1. The number of anilines is 1. The maximum absolute atomic E-state index is 10.9. The molecular formula is C56H83N3O8. The van der Waals surface area contributed by atoms with E-state index in [9.17, 15) is 9.59 Å². The molecule has 2 fully saturated rings. The van der Waals surface area contributed by atoms with Crippen molar-refractivity contribution in [3.8, 4) is 17.2 Å². The van der Waals surface area contributed by atoms with Crippen LogP contribution in [0.1, 0.15) is 139 Å². The van der Waals surface area contributed by atoms with Gasteiger partial charge in [-0.25, -0.2) is 4.79 Å². The van der Waals surface area contributed by atoms with Crippen molar-refractivity contribution in [2.75, 3.05) is 65.7 Å². The van der Waals surface area contributed by atoms with Crippen LogP contribution in [0.25, 0.3) is 0 Å². The zero-order chi connectivity index (χ0) is 48.3. The van der Waals surface area contributed by atoms with E-state index < -0.39 is 0 Å². The zero-order valence-corrected chi connectivity index (χ0v) is 41.6. The molecule has 2 saturated carbocycles. The van der Waals surface area contributed by atoms with Gasteiger partial charge in [-0.3, -0.25) is 4.99 Å². The molecule has 0 radical (unpaired) electrons. The molecule has 11 heteroatoms. The van der Waals surface area contributed by atoms with Gasteiger partial charge >= 0.3 is 5.97 Å². The highest BCUT2D eigenvalue weighted by molar-refractivity contribution is 5.96. The SMILES string of the molecule is C=CC(=O)OCCCCCCOc1ccc(OC)cc1.CCCC(=NCCOCCOC)Nc1ccccc1C.CCCC1CCC(c2ccc(OCC3CCC(C=O)CC3)c(C=N)c2)CC1. The fourth-order valence-corrected chi connectivity index (χ4v) is 8.38. The van der Waals surface area contributed by atoms with E-state index in [1.54, 1.807) is 14.2 Å². The molecule has 0 atom stereocenters. The third-order valence-corrected chi connectivity index (χ3v) is 12.4. The average molecular weight is 926 g/mol. The van der Waals surface area contributed by atoms with Crippen LogP contribution in [0.2, 0.25) is 0 Å². The molecule has 0 heterocycles. The lowest BCUT2D eigenvalue weighted by atomic mass is 9.77. The van der Waals surface area contributed by atoms with Gasteiger partial charge in [-0.15, -0.1) is 0 Å². The Bertz CT molecular complexity index is 1830. The lowest BCUT2D eigenvalue weighted by molar-refractivity contribution is -0.137. The summed E-state index contributed by atoms with van der Waals surface area (Å²) in [6, 6.07) is 22.3. The molecule has 370 valence electrons. The molecule has 67 heavy (non-hydrogen) atoms. The lowest BCUT2D eigenvalue weighted by Crippen LogP contribution is -2.21. The number of aliphatic imine (C=N–C) groups is 1. The molecule has 0 unspecified atom stereocenters. The van der Waals surface area contributed by atoms with E-state index in [0.29, 0.717) is 58.0 Å². The van der Waals surface area contributed by atoms with Crippen LogP contribution >= 0.6 is 0 Å². The maximum atomic E-state index is 10.9. The minimum absolute atomic E-state index is 0.255. The minimum Gasteiger partial charge on any atom is -0.497 e. The first-order valence-corrected chi connectivity index (χ1v) is 25.0. The summed E-state index contributed by atoms with van der Waals surface area (Å²) < 4.78 is 32.0. The number of nitrogens with one attached hydrogen (secondary N) is 2. The summed E-state index contributed by atoms with van der Waals surface area (Å²) in [5.41, 5.74) is 4.64. The minimum atomic E-state index is -0.354. The lowest BCUT2D eigenvalue weighted by Gasteiger charge is -2.29. The van der Waals surface area contributed by atoms with Gasteiger partial charge in [-0.1, -0.05) is 57.5 Å². The van der Waals surface area contributed by atoms with E-state index in [1.807, 2.05) is 36.4 Å². The molecule has 3 aromatic rings. The van der Waals surface area contributed by atoms with E-state index in [4.69, 9.17) is 33.8 Å². The molecule has 0 saturated heterocycles. The number of para-hydroxylation sites is 1. The van der Waals surface area contributed by atoms with Crippen LogP contribution in [0.3, 0.4) is 0 Å². The van der Waals surface area contributed by atoms with Crippen molar-refractivity contribution >= 4 is 30.0 Å². The number of unbranched alkanes of at least 4 members (excludes halogenated alkanes) is 3. The number of rotatable bonds is 27. The number of aldehydes is 1. The number of hydrogen-bond acceptors (Lipinski definition) is 10. The highest BCUT2D eigenvalue weighted by Crippen LogP contribution is 2.39. The number of aryl methyl sites for hydroxylation is 1. The summed E-state index contributed by atoms with van der Waals surface area (Å²) in [6.45, 7) is 14.3. The van der Waals surface area contributed by atoms with Crippen LogP contribution in [-0.4, -0.2) is 84.7 Å². The number of methoxy groups -OCH3 is 2. The molecule has 2 aliphatic rings. The number of ether oxygens (including phenoxy) is 6. The van der Waals surface area contributed by atoms with Crippen molar-refractivity contribution in [1.29, 1.82) is 5.41 Å². The second-order valence-electron chi connectivity index (χ2n) is 17.6. The monoisotopic (exact) mass is 926 g/mol. The molecule has 5 rings (SSSR count). The van der Waals surface area contributed by atoms with Crippen molar-refractivity contribution in [3.63, 3.8) is 0 Å². The topological polar surface area (TPSA) is 138 Å². The van der Waals surface area contributed by atoms with Crippen LogP contribution in [0.15, 0.2) is 84.4 Å². The van der Waals surface area contributed by atoms with Gasteiger partial charge in [0.15, 0.2) is 0 Å². The predicted molar refractivity (Wildman–Crippen MR) is 274 cm³/mol. The predicted octanol–water partition coefficient (Wildman–Crippen LogP) is 12.8. The van der Waals surface area contributed by atoms with Gasteiger partial charge in [0.2, 0.25) is 0 Å². The number of carbonyl (C=O) groups excluding carboxylic acids is 2. The first-order chi connectivity index (χ1) is 32.8. The summed E-state index contributed by atoms with van der Waals surface area (Å²) in [5.74, 6) is 5.54. The Hall–Kier alpha value is -5.00. The fourth-order valence-electron chi connectivity index (χ4n) is 8.38. The fraction of sp³-hybridized carbons (Fsp3) is 0.571. The van der Waals surface area contributed by atoms with Crippen LogP contribution in [0.4, 0.5) is 5.69 Å². The standard InChI is InChI=1S/C24H35NO2.C16H26N2O2.C16H22O4/c1-2-3-18-8-10-21(11-9-18)22-12-13-24(23(14-22)15-25)27-17-20-6-4-19(16-26)5-7-20;1-4-7-16(17-10-11-20-13-12-19-3)18-15-9-6-5-8-14(15)2;1-3-16(17)20-13-7-5-4-6-12-19-15-10-8-14(18-2)9-11-15/h12-16,18-21,25H,2-11,17H2,1H3;5-6,8-9H,4,7,10-13H2,1-3H3,(H,17,18);3,8-11H,1,4-7,12-13H2,2H3. The van der Waals surface area contributed by atoms with Crippen molar-refractivity contribution in [2.24, 2.45) is 22.7 Å². The van der Waals surface area contributed by atoms with Crippen molar-refractivity contribution in [1.82, 2.24) is 0 Å². The molecule has 0 aromatic heterocycles. The van der Waals surface area contributed by atoms with Crippen LogP contribution < -0.4 is 19.5 Å². The summed E-state index contributed by atoms with van der Waals surface area (Å²) in [7, 11) is 3.31. The Morgan fingerprint density at radius 2 is 1.49 bits per heavy atom. The average Bonchev–Trinajstić information content (AvgIpc) is 3.36. The van der Waals surface area contributed by atoms with Crippen LogP contribution in [0.5, 0.6) is 17.2 Å². The van der Waals surface area contributed by atoms with Gasteiger partial charge in [0.25, 0.3) is 0 Å². The van der Waals surface area contributed by atoms with Crippen molar-refractivity contribution in [2.45, 2.75) is 129 Å². The molecule has 0 amide bonds. The Morgan fingerprint density at radius 1 is 0.791 bits per heavy atom. The molecule has 0 spiro atoms. The van der Waals surface area contributed by atoms with E-state index >= 15 is 0 Å². The Labute approximate surface area is 403 Å². The number of benzene rings is 3. The second kappa shape index (κ2) is 35.2. The van der Waals surface area contributed by atoms with E-state index in [-0.39, 0.29) is 11.9 Å². The molecule has 0 bridgehead atoms. The first kappa shape index (κ1) is 56.3. The molecule has 0 aliphatic heterocycles. The third-order valence-electron chi connectivity index (χ3n) is 12.4. The molecule has 2 aliphatic carbocycles. The highest BCUT2D eigenvalue weighted by atomic mass is 16.5. The highest BCUT2D eigenvalue weighted by Gasteiger charge is 2.24. The van der Waals surface area contributed by atoms with Crippen LogP contribution in [-0.2, 0) is 23.8 Å². The Morgan fingerprint density at radius 3 is 2.13 bits per heavy atom. The number of esters is 1. The zero-order valence-electron chi connectivity index (χ0n) is 41.6. The van der Waals surface area contributed by atoms with Crippen molar-refractivity contribution in [3.05, 3.63) is 96.1 Å². The molecule has 3 aromatic carbocycles. The summed E-state index contributed by atoms with van der Waals surface area (Å²) in [4.78, 5) is 26.3. The van der Waals surface area contributed by atoms with Crippen molar-refractivity contribution < 1.29 is 38.0 Å². The van der Waals surface area contributed by atoms with E-state index in [1.165, 1.54) is 61.9 Å². The van der Waals surface area contributed by atoms with Gasteiger partial charge in [-0.2, -0.15) is 0 Å². The third kappa shape index (κ3) is 23.5. The van der Waals surface area contributed by atoms with Gasteiger partial charge in [-0.05, 0) is 162 Å². The van der Waals surface area contributed by atoms with E-state index in [2.05, 4.69) is 68.0 Å². The smallest absolute Gasteiger partial charge is 0.330 e. The summed E-state index contributed by atoms with van der Waals surface area (Å²) in [5, 5.41) is 11.2. The summed E-state index contributed by atoms with van der Waals surface area (Å²) in [6.07, 6.45) is 21.8. The second-order valence-corrected chi connectivity index (χ2v) is 17.6. The largest absolute Gasteiger partial charge is 0.497 e. The summed E-state index contributed by atoms with van der Waals surface area (Å²) >= 11 is 0. The normalized spacial score (nSPS) is 17.9.